The minimum Gasteiger partial charge on any atom is -0.493 e. The van der Waals surface area contributed by atoms with E-state index < -0.39 is 24.2 Å². The molecule has 9 nitrogen and oxygen atoms in total. The van der Waals surface area contributed by atoms with E-state index in [0.29, 0.717) is 37.5 Å². The Morgan fingerprint density at radius 3 is 2.35 bits per heavy atom. The van der Waals surface area contributed by atoms with Crippen LogP contribution in [0.25, 0.3) is 0 Å². The van der Waals surface area contributed by atoms with Crippen LogP contribution in [-0.2, 0) is 16.1 Å². The predicted molar refractivity (Wildman–Crippen MR) is 197 cm³/mol. The van der Waals surface area contributed by atoms with Gasteiger partial charge in [-0.15, -0.1) is 0 Å². The average molecular weight is 818 g/mol. The second kappa shape index (κ2) is 21.0. The van der Waals surface area contributed by atoms with Crippen molar-refractivity contribution >= 4 is 63.9 Å². The van der Waals surface area contributed by atoms with Crippen LogP contribution in [0.1, 0.15) is 93.5 Å². The lowest BCUT2D eigenvalue weighted by Crippen LogP contribution is -2.54. The van der Waals surface area contributed by atoms with Gasteiger partial charge in [-0.3, -0.25) is 14.4 Å². The number of rotatable bonds is 20. The first-order chi connectivity index (χ1) is 23.1. The molecule has 3 atom stereocenters. The molecule has 3 N–H and O–H groups in total. The highest BCUT2D eigenvalue weighted by Crippen LogP contribution is 2.37. The Bertz CT molecular complexity index is 1410. The van der Waals surface area contributed by atoms with Gasteiger partial charge in [0.25, 0.3) is 0 Å². The molecule has 2 aromatic rings. The maximum Gasteiger partial charge on any atom is 0.247 e. The Labute approximate surface area is 307 Å². The number of methoxy groups -OCH3 is 1. The van der Waals surface area contributed by atoms with Gasteiger partial charge in [0.1, 0.15) is 18.5 Å². The van der Waals surface area contributed by atoms with Crippen molar-refractivity contribution in [1.29, 1.82) is 0 Å². The van der Waals surface area contributed by atoms with Crippen LogP contribution in [0, 0.1) is 3.57 Å². The topological polar surface area (TPSA) is 125 Å². The van der Waals surface area contributed by atoms with E-state index in [9.17, 15) is 24.6 Å². The van der Waals surface area contributed by atoms with Gasteiger partial charge in [0.2, 0.25) is 11.8 Å². The molecule has 48 heavy (non-hydrogen) atoms. The fourth-order valence-electron chi connectivity index (χ4n) is 5.79. The number of aldehydes is 1. The highest BCUT2D eigenvalue weighted by molar-refractivity contribution is 14.1. The van der Waals surface area contributed by atoms with Gasteiger partial charge in [0, 0.05) is 37.1 Å². The smallest absolute Gasteiger partial charge is 0.247 e. The number of halogens is 3. The monoisotopic (exact) mass is 816 g/mol. The number of benzene rings is 2. The van der Waals surface area contributed by atoms with Crippen LogP contribution in [0.2, 0.25) is 10.0 Å². The number of amides is 2. The van der Waals surface area contributed by atoms with E-state index in [1.165, 1.54) is 45.3 Å². The zero-order chi connectivity index (χ0) is 35.1. The van der Waals surface area contributed by atoms with Gasteiger partial charge in [0.15, 0.2) is 11.5 Å². The first-order valence-corrected chi connectivity index (χ1v) is 18.5. The van der Waals surface area contributed by atoms with Crippen molar-refractivity contribution in [1.82, 2.24) is 10.2 Å². The van der Waals surface area contributed by atoms with Crippen molar-refractivity contribution in [2.45, 2.75) is 102 Å². The molecule has 0 aliphatic heterocycles. The standard InChI is InChI=1S/C36H47Cl2IN2O7/c1-3-4-5-6-7-8-9-10-11-12-33(44)41(22-24-13-14-27(37)28(38)17-24)30-20-26(36(46)40-15-16-42)21-31(34(30)45)48-35-29(39)18-25(23-43)19-32(35)47-2/h13-14,17-19,21,23,30-31,34,42,45H,3-12,15-16,20,22H2,1-2H3,(H,40,46). The van der Waals surface area contributed by atoms with Crippen LogP contribution in [0.5, 0.6) is 11.5 Å². The number of carbonyl (C=O) groups excluding carboxylic acids is 3. The number of ether oxygens (including phenoxy) is 2. The number of aliphatic hydroxyl groups is 2. The summed E-state index contributed by atoms with van der Waals surface area (Å²) in [7, 11) is 1.45. The molecule has 0 fully saturated rings. The van der Waals surface area contributed by atoms with Gasteiger partial charge in [-0.05, 0) is 64.9 Å². The number of hydrogen-bond donors (Lipinski definition) is 3. The lowest BCUT2D eigenvalue weighted by molar-refractivity contribution is -0.139. The zero-order valence-electron chi connectivity index (χ0n) is 27.7. The summed E-state index contributed by atoms with van der Waals surface area (Å²) >= 11 is 14.5. The van der Waals surface area contributed by atoms with E-state index in [0.717, 1.165) is 24.8 Å². The Balaban J connectivity index is 1.90. The number of nitrogens with zero attached hydrogens (tertiary/aromatic N) is 1. The molecule has 0 bridgehead atoms. The molecule has 0 saturated heterocycles. The Morgan fingerprint density at radius 2 is 1.73 bits per heavy atom. The predicted octanol–water partition coefficient (Wildman–Crippen LogP) is 7.28. The lowest BCUT2D eigenvalue weighted by Gasteiger charge is -2.41. The zero-order valence-corrected chi connectivity index (χ0v) is 31.4. The molecular formula is C36H47Cl2IN2O7. The molecule has 1 aliphatic rings. The van der Waals surface area contributed by atoms with Crippen LogP contribution in [0.3, 0.4) is 0 Å². The number of carbonyl (C=O) groups is 3. The molecular weight excluding hydrogens is 770 g/mol. The van der Waals surface area contributed by atoms with Gasteiger partial charge in [0.05, 0.1) is 33.4 Å². The largest absolute Gasteiger partial charge is 0.493 e. The molecule has 3 unspecified atom stereocenters. The van der Waals surface area contributed by atoms with Crippen molar-refractivity contribution < 1.29 is 34.1 Å². The Morgan fingerprint density at radius 1 is 1.04 bits per heavy atom. The first kappa shape index (κ1) is 40.1. The van der Waals surface area contributed by atoms with Gasteiger partial charge in [-0.25, -0.2) is 0 Å². The summed E-state index contributed by atoms with van der Waals surface area (Å²) in [5.41, 5.74) is 1.41. The molecule has 0 aromatic heterocycles. The molecule has 3 rings (SSSR count). The van der Waals surface area contributed by atoms with Gasteiger partial charge in [-0.1, -0.05) is 87.6 Å². The van der Waals surface area contributed by atoms with Gasteiger partial charge in [-0.2, -0.15) is 0 Å². The maximum atomic E-state index is 14.0. The van der Waals surface area contributed by atoms with Crippen LogP contribution >= 0.6 is 45.8 Å². The summed E-state index contributed by atoms with van der Waals surface area (Å²) in [5.74, 6) is -0.0244. The van der Waals surface area contributed by atoms with Gasteiger partial charge < -0.3 is 29.9 Å². The molecule has 0 spiro atoms. The molecule has 2 amide bonds. The number of nitrogens with one attached hydrogen (secondary N) is 1. The summed E-state index contributed by atoms with van der Waals surface area (Å²) in [6.07, 6.45) is 10.3. The lowest BCUT2D eigenvalue weighted by atomic mass is 9.87. The third-order valence-electron chi connectivity index (χ3n) is 8.41. The fourth-order valence-corrected chi connectivity index (χ4v) is 6.87. The van der Waals surface area contributed by atoms with E-state index in [1.54, 1.807) is 35.2 Å². The molecule has 264 valence electrons. The summed E-state index contributed by atoms with van der Waals surface area (Å²) in [6.45, 7) is 2.13. The Hall–Kier alpha value is -2.38. The SMILES string of the molecule is CCCCCCCCCCCC(=O)N(Cc1ccc(Cl)c(Cl)c1)C1CC(C(=O)NCCO)=CC(Oc2c(I)cc(C=O)cc2OC)C1O. The highest BCUT2D eigenvalue weighted by atomic mass is 127. The minimum absolute atomic E-state index is 0.0400. The third-order valence-corrected chi connectivity index (χ3v) is 9.95. The molecule has 0 heterocycles. The normalized spacial score (nSPS) is 17.4. The fraction of sp³-hybridized carbons (Fsp3) is 0.528. The van der Waals surface area contributed by atoms with Crippen molar-refractivity contribution in [3.8, 4) is 11.5 Å². The van der Waals surface area contributed by atoms with E-state index in [1.807, 2.05) is 22.6 Å². The molecule has 2 aromatic carbocycles. The summed E-state index contributed by atoms with van der Waals surface area (Å²) in [6, 6.07) is 7.45. The average Bonchev–Trinajstić information content (AvgIpc) is 3.08. The first-order valence-electron chi connectivity index (χ1n) is 16.6. The molecule has 0 saturated carbocycles. The van der Waals surface area contributed by atoms with Crippen molar-refractivity contribution in [2.24, 2.45) is 0 Å². The summed E-state index contributed by atoms with van der Waals surface area (Å²) < 4.78 is 12.4. The second-order valence-corrected chi connectivity index (χ2v) is 14.0. The van der Waals surface area contributed by atoms with Crippen LogP contribution in [0.15, 0.2) is 42.0 Å². The van der Waals surface area contributed by atoms with Crippen molar-refractivity contribution in [2.75, 3.05) is 20.3 Å². The molecule has 0 radical (unpaired) electrons. The number of unbranched alkanes of at least 4 members (excludes halogenated alkanes) is 8. The van der Waals surface area contributed by atoms with Crippen LogP contribution < -0.4 is 14.8 Å². The van der Waals surface area contributed by atoms with Crippen molar-refractivity contribution in [3.63, 3.8) is 0 Å². The Kier molecular flexibility index (Phi) is 17.5. The number of hydrogen-bond acceptors (Lipinski definition) is 7. The van der Waals surface area contributed by atoms with Gasteiger partial charge >= 0.3 is 0 Å². The minimum atomic E-state index is -1.24. The summed E-state index contributed by atoms with van der Waals surface area (Å²) in [4.78, 5) is 40.3. The summed E-state index contributed by atoms with van der Waals surface area (Å²) in [5, 5.41) is 24.6. The second-order valence-electron chi connectivity index (χ2n) is 12.0. The maximum absolute atomic E-state index is 14.0. The van der Waals surface area contributed by atoms with E-state index in [4.69, 9.17) is 32.7 Å². The quantitative estimate of drug-likeness (QED) is 0.0729. The van der Waals surface area contributed by atoms with E-state index in [2.05, 4.69) is 12.2 Å². The van der Waals surface area contributed by atoms with E-state index >= 15 is 0 Å². The van der Waals surface area contributed by atoms with Crippen LogP contribution in [-0.4, -0.2) is 71.7 Å². The third kappa shape index (κ3) is 11.9. The van der Waals surface area contributed by atoms with Crippen LogP contribution in [0.4, 0.5) is 0 Å². The molecule has 12 heteroatoms. The van der Waals surface area contributed by atoms with Crippen molar-refractivity contribution in [3.05, 3.63) is 66.7 Å². The van der Waals surface area contributed by atoms with E-state index in [-0.39, 0.29) is 49.9 Å². The molecule has 1 aliphatic carbocycles. The number of aliphatic hydroxyl groups excluding tert-OH is 2. The highest BCUT2D eigenvalue weighted by Gasteiger charge is 2.41.